The number of hydrogen-bond acceptors (Lipinski definition) is 4. The zero-order valence-corrected chi connectivity index (χ0v) is 17.0. The van der Waals surface area contributed by atoms with Gasteiger partial charge in [0.25, 0.3) is 0 Å². The van der Waals surface area contributed by atoms with Crippen LogP contribution in [0.15, 0.2) is 73.1 Å². The summed E-state index contributed by atoms with van der Waals surface area (Å²) < 4.78 is 38.3. The van der Waals surface area contributed by atoms with Crippen molar-refractivity contribution in [2.24, 2.45) is 0 Å². The minimum atomic E-state index is -4.40. The van der Waals surface area contributed by atoms with Crippen LogP contribution in [-0.2, 0) is 11.0 Å². The minimum absolute atomic E-state index is 0.294. The Morgan fingerprint density at radius 2 is 1.70 bits per heavy atom. The number of amides is 1. The highest BCUT2D eigenvalue weighted by Crippen LogP contribution is 2.33. The van der Waals surface area contributed by atoms with E-state index >= 15 is 0 Å². The van der Waals surface area contributed by atoms with Gasteiger partial charge in [-0.15, -0.1) is 0 Å². The summed E-state index contributed by atoms with van der Waals surface area (Å²) in [6.07, 6.45) is 1.83. The summed E-state index contributed by atoms with van der Waals surface area (Å²) in [4.78, 5) is 20.4. The monoisotopic (exact) mass is 476 g/mol. The number of hydrogen-bond donors (Lipinski definition) is 2. The lowest BCUT2D eigenvalue weighted by atomic mass is 10.1. The van der Waals surface area contributed by atoms with Gasteiger partial charge in [0.2, 0.25) is 5.91 Å². The fourth-order valence-electron chi connectivity index (χ4n) is 2.59. The van der Waals surface area contributed by atoms with Crippen LogP contribution in [0.4, 0.5) is 30.2 Å². The molecular formula is C21H16BrF3N4O. The van der Waals surface area contributed by atoms with Crippen LogP contribution in [0, 0.1) is 0 Å². The van der Waals surface area contributed by atoms with E-state index in [1.165, 1.54) is 18.2 Å². The van der Waals surface area contributed by atoms with Crippen molar-refractivity contribution >= 4 is 38.9 Å². The molecule has 5 nitrogen and oxygen atoms in total. The highest BCUT2D eigenvalue weighted by Gasteiger charge is 2.29. The van der Waals surface area contributed by atoms with Crippen molar-refractivity contribution in [2.45, 2.75) is 6.18 Å². The molecule has 0 aliphatic carbocycles. The van der Waals surface area contributed by atoms with Crippen molar-refractivity contribution in [1.82, 2.24) is 9.97 Å². The SMILES string of the molecule is O=C(/C=C/CBr)Nc1ccc(Nc2ccc(C(F)(F)F)cc2)c(-c2ncccn2)c1. The number of nitrogens with one attached hydrogen (secondary N) is 2. The Morgan fingerprint density at radius 1 is 1.03 bits per heavy atom. The first-order chi connectivity index (χ1) is 14.4. The summed E-state index contributed by atoms with van der Waals surface area (Å²) in [5, 5.41) is 6.39. The molecule has 1 amide bonds. The zero-order chi connectivity index (χ0) is 21.6. The lowest BCUT2D eigenvalue weighted by Crippen LogP contribution is -2.08. The lowest BCUT2D eigenvalue weighted by Gasteiger charge is -2.14. The van der Waals surface area contributed by atoms with E-state index in [2.05, 4.69) is 36.5 Å². The normalized spacial score (nSPS) is 11.5. The molecule has 0 saturated heterocycles. The van der Waals surface area contributed by atoms with Crippen LogP contribution in [0.25, 0.3) is 11.4 Å². The Labute approximate surface area is 179 Å². The molecule has 0 radical (unpaired) electrons. The highest BCUT2D eigenvalue weighted by molar-refractivity contribution is 9.09. The Bertz CT molecular complexity index is 1040. The quantitative estimate of drug-likeness (QED) is 0.348. The van der Waals surface area contributed by atoms with E-state index in [1.807, 2.05) is 0 Å². The van der Waals surface area contributed by atoms with Gasteiger partial charge >= 0.3 is 6.18 Å². The number of aromatic nitrogens is 2. The molecule has 30 heavy (non-hydrogen) atoms. The van der Waals surface area contributed by atoms with Gasteiger partial charge in [-0.05, 0) is 48.5 Å². The minimum Gasteiger partial charge on any atom is -0.355 e. The van der Waals surface area contributed by atoms with Crippen LogP contribution in [0.3, 0.4) is 0 Å². The lowest BCUT2D eigenvalue weighted by molar-refractivity contribution is -0.137. The molecule has 0 aliphatic heterocycles. The number of carbonyl (C=O) groups is 1. The molecule has 0 saturated carbocycles. The first-order valence-corrected chi connectivity index (χ1v) is 9.88. The smallest absolute Gasteiger partial charge is 0.355 e. The van der Waals surface area contributed by atoms with Gasteiger partial charge in [-0.1, -0.05) is 22.0 Å². The van der Waals surface area contributed by atoms with Crippen molar-refractivity contribution in [3.05, 3.63) is 78.6 Å². The van der Waals surface area contributed by atoms with E-state index in [1.54, 1.807) is 42.7 Å². The summed E-state index contributed by atoms with van der Waals surface area (Å²) in [6, 6.07) is 11.5. The molecule has 3 aromatic rings. The largest absolute Gasteiger partial charge is 0.416 e. The van der Waals surface area contributed by atoms with Gasteiger partial charge in [0.15, 0.2) is 5.82 Å². The summed E-state index contributed by atoms with van der Waals surface area (Å²) in [6.45, 7) is 0. The van der Waals surface area contributed by atoms with Gasteiger partial charge in [0.05, 0.1) is 5.56 Å². The predicted molar refractivity (Wildman–Crippen MR) is 114 cm³/mol. The second-order valence-electron chi connectivity index (χ2n) is 6.08. The fraction of sp³-hybridized carbons (Fsp3) is 0.0952. The first kappa shape index (κ1) is 21.5. The van der Waals surface area contributed by atoms with Gasteiger partial charge in [-0.3, -0.25) is 4.79 Å². The van der Waals surface area contributed by atoms with Crippen molar-refractivity contribution in [1.29, 1.82) is 0 Å². The van der Waals surface area contributed by atoms with E-state index < -0.39 is 11.7 Å². The molecule has 154 valence electrons. The molecular weight excluding hydrogens is 461 g/mol. The number of allylic oxidation sites excluding steroid dienone is 1. The number of benzene rings is 2. The van der Waals surface area contributed by atoms with Crippen LogP contribution >= 0.6 is 15.9 Å². The maximum absolute atomic E-state index is 12.8. The molecule has 3 rings (SSSR count). The first-order valence-electron chi connectivity index (χ1n) is 8.76. The maximum Gasteiger partial charge on any atom is 0.416 e. The summed E-state index contributed by atoms with van der Waals surface area (Å²) in [5.41, 5.74) is 1.43. The number of anilines is 3. The summed E-state index contributed by atoms with van der Waals surface area (Å²) in [7, 11) is 0. The molecule has 0 bridgehead atoms. The zero-order valence-electron chi connectivity index (χ0n) is 15.4. The maximum atomic E-state index is 12.8. The van der Waals surface area contributed by atoms with Crippen LogP contribution in [0.1, 0.15) is 5.56 Å². The second kappa shape index (κ2) is 9.53. The van der Waals surface area contributed by atoms with Crippen molar-refractivity contribution in [2.75, 3.05) is 16.0 Å². The Hall–Kier alpha value is -3.20. The van der Waals surface area contributed by atoms with E-state index in [0.29, 0.717) is 33.8 Å². The highest BCUT2D eigenvalue weighted by atomic mass is 79.9. The average Bonchev–Trinajstić information content (AvgIpc) is 2.73. The third kappa shape index (κ3) is 5.66. The standard InChI is InChI=1S/C21H16BrF3N4O/c22-10-1-3-19(30)29-16-8-9-18(17(13-16)20-26-11-2-12-27-20)28-15-6-4-14(5-7-15)21(23,24)25/h1-9,11-13,28H,10H2,(H,29,30)/b3-1+. The molecule has 1 heterocycles. The molecule has 0 spiro atoms. The molecule has 9 heteroatoms. The van der Waals surface area contributed by atoms with Crippen molar-refractivity contribution in [3.63, 3.8) is 0 Å². The van der Waals surface area contributed by atoms with E-state index in [4.69, 9.17) is 0 Å². The van der Waals surface area contributed by atoms with Gasteiger partial charge in [-0.25, -0.2) is 9.97 Å². The summed E-state index contributed by atoms with van der Waals surface area (Å²) in [5.74, 6) is 0.108. The topological polar surface area (TPSA) is 66.9 Å². The van der Waals surface area contributed by atoms with E-state index in [0.717, 1.165) is 12.1 Å². The molecule has 0 atom stereocenters. The molecule has 0 unspecified atom stereocenters. The third-order valence-electron chi connectivity index (χ3n) is 3.94. The van der Waals surface area contributed by atoms with Crippen LogP contribution < -0.4 is 10.6 Å². The van der Waals surface area contributed by atoms with Crippen LogP contribution in [-0.4, -0.2) is 21.2 Å². The number of nitrogens with zero attached hydrogens (tertiary/aromatic N) is 2. The number of halogens is 4. The van der Waals surface area contributed by atoms with Crippen molar-refractivity contribution in [3.8, 4) is 11.4 Å². The molecule has 2 aromatic carbocycles. The Morgan fingerprint density at radius 3 is 2.33 bits per heavy atom. The van der Waals surface area contributed by atoms with Gasteiger partial charge < -0.3 is 10.6 Å². The van der Waals surface area contributed by atoms with Gasteiger partial charge in [-0.2, -0.15) is 13.2 Å². The predicted octanol–water partition coefficient (Wildman–Crippen LogP) is 5.80. The van der Waals surface area contributed by atoms with E-state index in [-0.39, 0.29) is 5.91 Å². The van der Waals surface area contributed by atoms with Crippen LogP contribution in [0.5, 0.6) is 0 Å². The second-order valence-corrected chi connectivity index (χ2v) is 6.73. The Balaban J connectivity index is 1.91. The molecule has 1 aromatic heterocycles. The molecule has 0 fully saturated rings. The van der Waals surface area contributed by atoms with E-state index in [9.17, 15) is 18.0 Å². The molecule has 0 aliphatic rings. The van der Waals surface area contributed by atoms with Gasteiger partial charge in [0.1, 0.15) is 0 Å². The van der Waals surface area contributed by atoms with Crippen LogP contribution in [0.2, 0.25) is 0 Å². The van der Waals surface area contributed by atoms with Gasteiger partial charge in [0, 0.05) is 46.4 Å². The fourth-order valence-corrected chi connectivity index (χ4v) is 2.77. The number of rotatable bonds is 6. The summed E-state index contributed by atoms with van der Waals surface area (Å²) >= 11 is 3.21. The molecule has 2 N–H and O–H groups in total. The number of alkyl halides is 4. The van der Waals surface area contributed by atoms with Crippen molar-refractivity contribution < 1.29 is 18.0 Å². The Kier molecular flexibility index (Phi) is 6.83. The third-order valence-corrected chi connectivity index (χ3v) is 4.32. The number of carbonyl (C=O) groups excluding carboxylic acids is 1. The average molecular weight is 477 g/mol.